The fourth-order valence-electron chi connectivity index (χ4n) is 2.38. The predicted octanol–water partition coefficient (Wildman–Crippen LogP) is 2.36. The van der Waals surface area contributed by atoms with Crippen molar-refractivity contribution in [2.24, 2.45) is 0 Å². The molecule has 0 unspecified atom stereocenters. The Hall–Kier alpha value is -2.19. The minimum atomic E-state index is -0.528. The van der Waals surface area contributed by atoms with Gasteiger partial charge in [0, 0.05) is 30.7 Å². The summed E-state index contributed by atoms with van der Waals surface area (Å²) >= 11 is 0. The molecule has 8 nitrogen and oxygen atoms in total. The largest absolute Gasteiger partial charge is 0.377 e. The Bertz CT molecular complexity index is 597. The fraction of sp³-hybridized carbons (Fsp3) is 0.533. The smallest absolute Gasteiger partial charge is 0.293 e. The van der Waals surface area contributed by atoms with E-state index in [-0.39, 0.29) is 11.3 Å². The number of hydrogen-bond donors (Lipinski definition) is 2. The quantitative estimate of drug-likeness (QED) is 0.616. The molecule has 3 rings (SSSR count). The van der Waals surface area contributed by atoms with Crippen LogP contribution in [0.15, 0.2) is 18.2 Å². The van der Waals surface area contributed by atoms with Gasteiger partial charge in [-0.05, 0) is 37.8 Å². The minimum Gasteiger partial charge on any atom is -0.377 e. The summed E-state index contributed by atoms with van der Waals surface area (Å²) in [5.41, 5.74) is 2.80. The number of carbonyl (C=O) groups excluding carboxylic acids is 1. The number of nitro benzene ring substituents is 1. The number of carbonyl (C=O) groups is 1. The molecule has 2 aliphatic rings. The van der Waals surface area contributed by atoms with E-state index in [2.05, 4.69) is 10.8 Å². The van der Waals surface area contributed by atoms with Crippen LogP contribution in [-0.2, 0) is 9.57 Å². The minimum absolute atomic E-state index is 0.113. The summed E-state index contributed by atoms with van der Waals surface area (Å²) in [7, 11) is 0. The van der Waals surface area contributed by atoms with E-state index in [9.17, 15) is 14.9 Å². The molecule has 1 aromatic carbocycles. The summed E-state index contributed by atoms with van der Waals surface area (Å²) in [6, 6.07) is 4.64. The van der Waals surface area contributed by atoms with Crippen LogP contribution in [0.5, 0.6) is 0 Å². The van der Waals surface area contributed by atoms with E-state index in [1.165, 1.54) is 12.1 Å². The van der Waals surface area contributed by atoms with Crippen LogP contribution < -0.4 is 10.8 Å². The van der Waals surface area contributed by atoms with E-state index < -0.39 is 17.1 Å². The van der Waals surface area contributed by atoms with Crippen LogP contribution in [0.25, 0.3) is 0 Å². The molecule has 1 aliphatic carbocycles. The lowest BCUT2D eigenvalue weighted by atomic mass is 10.1. The Morgan fingerprint density at radius 1 is 1.30 bits per heavy atom. The number of anilines is 1. The molecule has 1 saturated carbocycles. The molecule has 0 aromatic heterocycles. The molecule has 23 heavy (non-hydrogen) atoms. The maximum Gasteiger partial charge on any atom is 0.293 e. The number of hydroxylamine groups is 1. The molecule has 2 fully saturated rings. The zero-order valence-electron chi connectivity index (χ0n) is 12.6. The molecule has 0 spiro atoms. The molecule has 0 radical (unpaired) electrons. The zero-order valence-corrected chi connectivity index (χ0v) is 12.6. The van der Waals surface area contributed by atoms with Crippen molar-refractivity contribution < 1.29 is 19.3 Å². The highest BCUT2D eigenvalue weighted by Crippen LogP contribution is 2.31. The molecule has 0 bridgehead atoms. The maximum absolute atomic E-state index is 12.1. The molecule has 1 heterocycles. The van der Waals surface area contributed by atoms with Gasteiger partial charge in [-0.3, -0.25) is 14.9 Å². The molecule has 1 atom stereocenters. The number of amides is 1. The third-order valence-electron chi connectivity index (χ3n) is 3.81. The monoisotopic (exact) mass is 321 g/mol. The SMILES string of the molecule is O=C(NO[C@@H]1CCCCO1)c1ccc(NC2CC2)c([N+](=O)[O-])c1. The van der Waals surface area contributed by atoms with Gasteiger partial charge in [0.1, 0.15) is 5.69 Å². The van der Waals surface area contributed by atoms with Crippen molar-refractivity contribution >= 4 is 17.3 Å². The lowest BCUT2D eigenvalue weighted by molar-refractivity contribution is -0.384. The Morgan fingerprint density at radius 2 is 2.13 bits per heavy atom. The highest BCUT2D eigenvalue weighted by atomic mass is 16.8. The van der Waals surface area contributed by atoms with Gasteiger partial charge in [-0.1, -0.05) is 0 Å². The first kappa shape index (κ1) is 15.7. The van der Waals surface area contributed by atoms with Crippen molar-refractivity contribution in [2.45, 2.75) is 44.4 Å². The van der Waals surface area contributed by atoms with Gasteiger partial charge in [0.05, 0.1) is 4.92 Å². The lowest BCUT2D eigenvalue weighted by Crippen LogP contribution is -2.33. The van der Waals surface area contributed by atoms with E-state index in [0.29, 0.717) is 24.8 Å². The van der Waals surface area contributed by atoms with Crippen molar-refractivity contribution in [1.82, 2.24) is 5.48 Å². The molecule has 1 aliphatic heterocycles. The second-order valence-corrected chi connectivity index (χ2v) is 5.75. The number of ether oxygens (including phenoxy) is 1. The van der Waals surface area contributed by atoms with Gasteiger partial charge < -0.3 is 10.1 Å². The van der Waals surface area contributed by atoms with Gasteiger partial charge >= 0.3 is 0 Å². The maximum atomic E-state index is 12.1. The van der Waals surface area contributed by atoms with Gasteiger partial charge in [0.15, 0.2) is 6.29 Å². The summed E-state index contributed by atoms with van der Waals surface area (Å²) in [4.78, 5) is 28.0. The molecule has 8 heteroatoms. The third-order valence-corrected chi connectivity index (χ3v) is 3.81. The first-order valence-corrected chi connectivity index (χ1v) is 7.76. The number of nitrogens with zero attached hydrogens (tertiary/aromatic N) is 1. The topological polar surface area (TPSA) is 103 Å². The summed E-state index contributed by atoms with van der Waals surface area (Å²) in [5.74, 6) is -0.528. The first-order valence-electron chi connectivity index (χ1n) is 7.76. The van der Waals surface area contributed by atoms with Crippen molar-refractivity contribution in [3.63, 3.8) is 0 Å². The molecular formula is C15H19N3O5. The van der Waals surface area contributed by atoms with Gasteiger partial charge in [0.2, 0.25) is 0 Å². The Labute approximate surface area is 133 Å². The first-order chi connectivity index (χ1) is 11.1. The van der Waals surface area contributed by atoms with E-state index in [0.717, 1.165) is 25.7 Å². The average molecular weight is 321 g/mol. The van der Waals surface area contributed by atoms with Gasteiger partial charge in [0.25, 0.3) is 11.6 Å². The van der Waals surface area contributed by atoms with E-state index >= 15 is 0 Å². The van der Waals surface area contributed by atoms with Gasteiger partial charge in [-0.2, -0.15) is 0 Å². The van der Waals surface area contributed by atoms with Crippen LogP contribution in [0.2, 0.25) is 0 Å². The van der Waals surface area contributed by atoms with Gasteiger partial charge in [-0.15, -0.1) is 0 Å². The van der Waals surface area contributed by atoms with Crippen LogP contribution in [0.1, 0.15) is 42.5 Å². The third kappa shape index (κ3) is 4.17. The standard InChI is InChI=1S/C15H19N3O5/c19-15(17-23-14-3-1-2-8-22-14)10-4-7-12(16-11-5-6-11)13(9-10)18(20)21/h4,7,9,11,14,16H,1-3,5-6,8H2,(H,17,19)/t14-/m1/s1. The Balaban J connectivity index is 1.64. The van der Waals surface area contributed by atoms with Crippen molar-refractivity contribution in [2.75, 3.05) is 11.9 Å². The van der Waals surface area contributed by atoms with E-state index in [4.69, 9.17) is 9.57 Å². The van der Waals surface area contributed by atoms with Crippen molar-refractivity contribution in [1.29, 1.82) is 0 Å². The van der Waals surface area contributed by atoms with Gasteiger partial charge in [-0.25, -0.2) is 10.3 Å². The van der Waals surface area contributed by atoms with Crippen LogP contribution in [0.4, 0.5) is 11.4 Å². The molecule has 2 N–H and O–H groups in total. The lowest BCUT2D eigenvalue weighted by Gasteiger charge is -2.22. The van der Waals surface area contributed by atoms with E-state index in [1.54, 1.807) is 6.07 Å². The number of benzene rings is 1. The molecule has 1 amide bonds. The highest BCUT2D eigenvalue weighted by Gasteiger charge is 2.26. The molecule has 1 aromatic rings. The zero-order chi connectivity index (χ0) is 16.2. The normalized spacial score (nSPS) is 20.8. The van der Waals surface area contributed by atoms with Crippen LogP contribution in [0, 0.1) is 10.1 Å². The Morgan fingerprint density at radius 3 is 2.78 bits per heavy atom. The number of rotatable bonds is 6. The molecule has 1 saturated heterocycles. The Kier molecular flexibility index (Phi) is 4.73. The van der Waals surface area contributed by atoms with Crippen LogP contribution in [-0.4, -0.2) is 29.8 Å². The summed E-state index contributed by atoms with van der Waals surface area (Å²) < 4.78 is 5.34. The van der Waals surface area contributed by atoms with Crippen molar-refractivity contribution in [3.05, 3.63) is 33.9 Å². The molecule has 124 valence electrons. The second-order valence-electron chi connectivity index (χ2n) is 5.75. The summed E-state index contributed by atoms with van der Waals surface area (Å²) in [6.07, 6.45) is 4.23. The number of nitrogens with one attached hydrogen (secondary N) is 2. The summed E-state index contributed by atoms with van der Waals surface area (Å²) in [5, 5.41) is 14.3. The van der Waals surface area contributed by atoms with Crippen LogP contribution in [0.3, 0.4) is 0 Å². The fourth-order valence-corrected chi connectivity index (χ4v) is 2.38. The van der Waals surface area contributed by atoms with Crippen molar-refractivity contribution in [3.8, 4) is 0 Å². The second kappa shape index (κ2) is 6.93. The number of nitro groups is 1. The average Bonchev–Trinajstić information content (AvgIpc) is 3.37. The summed E-state index contributed by atoms with van der Waals surface area (Å²) in [6.45, 7) is 0.605. The predicted molar refractivity (Wildman–Crippen MR) is 81.9 cm³/mol. The number of hydrogen-bond acceptors (Lipinski definition) is 6. The van der Waals surface area contributed by atoms with Crippen LogP contribution >= 0.6 is 0 Å². The molecular weight excluding hydrogens is 302 g/mol. The highest BCUT2D eigenvalue weighted by molar-refractivity contribution is 5.95. The van der Waals surface area contributed by atoms with E-state index in [1.807, 2.05) is 0 Å².